The van der Waals surface area contributed by atoms with E-state index in [0.717, 1.165) is 11.3 Å². The number of para-hydroxylation sites is 1. The summed E-state index contributed by atoms with van der Waals surface area (Å²) in [5, 5.41) is 2.76. The number of amides is 1. The molecule has 0 aliphatic carbocycles. The van der Waals surface area contributed by atoms with Crippen LogP contribution in [0.1, 0.15) is 12.5 Å². The summed E-state index contributed by atoms with van der Waals surface area (Å²) in [6.45, 7) is 2.52. The maximum atomic E-state index is 11.8. The molecule has 0 atom stereocenters. The van der Waals surface area contributed by atoms with Gasteiger partial charge in [-0.25, -0.2) is 0 Å². The second-order valence-electron chi connectivity index (χ2n) is 4.03. The first-order valence-corrected chi connectivity index (χ1v) is 6.40. The Morgan fingerprint density at radius 1 is 1.25 bits per heavy atom. The van der Waals surface area contributed by atoms with Gasteiger partial charge in [-0.3, -0.25) is 9.78 Å². The standard InChI is InChI=1S/C16H16N2O2/c1-2-20-15-6-4-3-5-13(15)7-8-16(19)18-14-9-11-17-12-10-14/h3-12H,2H2,1H3,(H,17,18,19)/b8-7+. The fraction of sp³-hybridized carbons (Fsp3) is 0.125. The Balaban J connectivity index is 2.04. The summed E-state index contributed by atoms with van der Waals surface area (Å²) in [6, 6.07) is 11.1. The lowest BCUT2D eigenvalue weighted by molar-refractivity contribution is -0.111. The third-order valence-electron chi connectivity index (χ3n) is 2.58. The highest BCUT2D eigenvalue weighted by Crippen LogP contribution is 2.19. The zero-order valence-electron chi connectivity index (χ0n) is 11.2. The Morgan fingerprint density at radius 2 is 2.00 bits per heavy atom. The number of benzene rings is 1. The van der Waals surface area contributed by atoms with E-state index in [0.29, 0.717) is 12.3 Å². The van der Waals surface area contributed by atoms with Crippen LogP contribution in [0, 0.1) is 0 Å². The van der Waals surface area contributed by atoms with Crippen LogP contribution in [-0.2, 0) is 4.79 Å². The molecule has 0 radical (unpaired) electrons. The van der Waals surface area contributed by atoms with Crippen molar-refractivity contribution in [3.63, 3.8) is 0 Å². The van der Waals surface area contributed by atoms with Crippen molar-refractivity contribution < 1.29 is 9.53 Å². The second-order valence-corrected chi connectivity index (χ2v) is 4.03. The molecule has 0 saturated heterocycles. The summed E-state index contributed by atoms with van der Waals surface area (Å²) >= 11 is 0. The first-order chi connectivity index (χ1) is 9.79. The van der Waals surface area contributed by atoms with Gasteiger partial charge in [0.2, 0.25) is 5.91 Å². The number of carbonyl (C=O) groups is 1. The van der Waals surface area contributed by atoms with Crippen LogP contribution in [0.15, 0.2) is 54.9 Å². The van der Waals surface area contributed by atoms with E-state index < -0.39 is 0 Å². The molecule has 0 fully saturated rings. The Hall–Kier alpha value is -2.62. The summed E-state index contributed by atoms with van der Waals surface area (Å²) in [5.74, 6) is 0.575. The maximum absolute atomic E-state index is 11.8. The molecular weight excluding hydrogens is 252 g/mol. The van der Waals surface area contributed by atoms with E-state index >= 15 is 0 Å². The topological polar surface area (TPSA) is 51.2 Å². The monoisotopic (exact) mass is 268 g/mol. The molecule has 1 aromatic heterocycles. The number of anilines is 1. The molecule has 0 unspecified atom stereocenters. The van der Waals surface area contributed by atoms with E-state index in [1.165, 1.54) is 6.08 Å². The van der Waals surface area contributed by atoms with Crippen LogP contribution in [0.5, 0.6) is 5.75 Å². The van der Waals surface area contributed by atoms with E-state index in [4.69, 9.17) is 4.74 Å². The first-order valence-electron chi connectivity index (χ1n) is 6.40. The highest BCUT2D eigenvalue weighted by molar-refractivity contribution is 6.02. The van der Waals surface area contributed by atoms with Gasteiger partial charge < -0.3 is 10.1 Å². The van der Waals surface area contributed by atoms with Gasteiger partial charge in [0.25, 0.3) is 0 Å². The molecule has 0 bridgehead atoms. The smallest absolute Gasteiger partial charge is 0.248 e. The molecule has 4 heteroatoms. The molecular formula is C16H16N2O2. The number of nitrogens with one attached hydrogen (secondary N) is 1. The van der Waals surface area contributed by atoms with Crippen molar-refractivity contribution in [2.45, 2.75) is 6.92 Å². The first kappa shape index (κ1) is 13.8. The minimum atomic E-state index is -0.192. The van der Waals surface area contributed by atoms with E-state index in [-0.39, 0.29) is 5.91 Å². The summed E-state index contributed by atoms with van der Waals surface area (Å²) in [4.78, 5) is 15.7. The molecule has 1 amide bonds. The van der Waals surface area contributed by atoms with E-state index in [1.54, 1.807) is 30.6 Å². The Kier molecular flexibility index (Phi) is 4.89. The molecule has 4 nitrogen and oxygen atoms in total. The summed E-state index contributed by atoms with van der Waals surface area (Å²) in [5.41, 5.74) is 1.59. The maximum Gasteiger partial charge on any atom is 0.248 e. The van der Waals surface area contributed by atoms with Crippen molar-refractivity contribution in [1.29, 1.82) is 0 Å². The molecule has 1 aromatic carbocycles. The van der Waals surface area contributed by atoms with Gasteiger partial charge in [-0.15, -0.1) is 0 Å². The fourth-order valence-corrected chi connectivity index (χ4v) is 1.69. The van der Waals surface area contributed by atoms with Crippen LogP contribution in [0.3, 0.4) is 0 Å². The molecule has 20 heavy (non-hydrogen) atoms. The quantitative estimate of drug-likeness (QED) is 0.848. The van der Waals surface area contributed by atoms with E-state index in [1.807, 2.05) is 31.2 Å². The van der Waals surface area contributed by atoms with Gasteiger partial charge in [-0.05, 0) is 31.2 Å². The predicted octanol–water partition coefficient (Wildman–Crippen LogP) is 3.13. The number of aromatic nitrogens is 1. The molecule has 0 saturated carbocycles. The largest absolute Gasteiger partial charge is 0.493 e. The minimum absolute atomic E-state index is 0.192. The lowest BCUT2D eigenvalue weighted by Gasteiger charge is -2.06. The number of carbonyl (C=O) groups excluding carboxylic acids is 1. The Labute approximate surface area is 118 Å². The molecule has 2 aromatic rings. The van der Waals surface area contributed by atoms with Crippen molar-refractivity contribution >= 4 is 17.7 Å². The molecule has 0 aliphatic heterocycles. The molecule has 2 rings (SSSR count). The van der Waals surface area contributed by atoms with Crippen molar-refractivity contribution in [2.75, 3.05) is 11.9 Å². The molecule has 0 aliphatic rings. The average molecular weight is 268 g/mol. The van der Waals surface area contributed by atoms with Gasteiger partial charge in [-0.2, -0.15) is 0 Å². The molecule has 102 valence electrons. The van der Waals surface area contributed by atoms with Gasteiger partial charge in [0.15, 0.2) is 0 Å². The number of hydrogen-bond acceptors (Lipinski definition) is 3. The fourth-order valence-electron chi connectivity index (χ4n) is 1.69. The summed E-state index contributed by atoms with van der Waals surface area (Å²) in [7, 11) is 0. The van der Waals surface area contributed by atoms with Crippen molar-refractivity contribution in [2.24, 2.45) is 0 Å². The molecule has 1 N–H and O–H groups in total. The number of rotatable bonds is 5. The number of nitrogens with zero attached hydrogens (tertiary/aromatic N) is 1. The average Bonchev–Trinajstić information content (AvgIpc) is 2.48. The van der Waals surface area contributed by atoms with Crippen LogP contribution in [0.4, 0.5) is 5.69 Å². The Bertz CT molecular complexity index is 594. The van der Waals surface area contributed by atoms with Crippen molar-refractivity contribution in [1.82, 2.24) is 4.98 Å². The number of ether oxygens (including phenoxy) is 1. The second kappa shape index (κ2) is 7.09. The zero-order chi connectivity index (χ0) is 14.2. The highest BCUT2D eigenvalue weighted by Gasteiger charge is 2.00. The zero-order valence-corrected chi connectivity index (χ0v) is 11.2. The summed E-state index contributed by atoms with van der Waals surface area (Å²) in [6.07, 6.45) is 6.48. The van der Waals surface area contributed by atoms with Gasteiger partial charge in [-0.1, -0.05) is 18.2 Å². The molecule has 0 spiro atoms. The minimum Gasteiger partial charge on any atom is -0.493 e. The number of pyridine rings is 1. The lowest BCUT2D eigenvalue weighted by Crippen LogP contribution is -2.07. The van der Waals surface area contributed by atoms with Crippen molar-refractivity contribution in [3.8, 4) is 5.75 Å². The predicted molar refractivity (Wildman–Crippen MR) is 79.5 cm³/mol. The van der Waals surface area contributed by atoms with E-state index in [9.17, 15) is 4.79 Å². The van der Waals surface area contributed by atoms with Crippen LogP contribution in [-0.4, -0.2) is 17.5 Å². The van der Waals surface area contributed by atoms with Crippen molar-refractivity contribution in [3.05, 3.63) is 60.4 Å². The highest BCUT2D eigenvalue weighted by atomic mass is 16.5. The SMILES string of the molecule is CCOc1ccccc1/C=C/C(=O)Nc1ccncc1. The van der Waals surface area contributed by atoms with Gasteiger partial charge in [0, 0.05) is 29.7 Å². The van der Waals surface area contributed by atoms with Crippen LogP contribution >= 0.6 is 0 Å². The number of hydrogen-bond donors (Lipinski definition) is 1. The lowest BCUT2D eigenvalue weighted by atomic mass is 10.2. The summed E-state index contributed by atoms with van der Waals surface area (Å²) < 4.78 is 5.50. The van der Waals surface area contributed by atoms with Crippen LogP contribution in [0.2, 0.25) is 0 Å². The van der Waals surface area contributed by atoms with Crippen LogP contribution in [0.25, 0.3) is 6.08 Å². The third-order valence-corrected chi connectivity index (χ3v) is 2.58. The van der Waals surface area contributed by atoms with Gasteiger partial charge >= 0.3 is 0 Å². The normalized spacial score (nSPS) is 10.4. The van der Waals surface area contributed by atoms with Gasteiger partial charge in [0.1, 0.15) is 5.75 Å². The van der Waals surface area contributed by atoms with Crippen LogP contribution < -0.4 is 10.1 Å². The van der Waals surface area contributed by atoms with Gasteiger partial charge in [0.05, 0.1) is 6.61 Å². The molecule has 1 heterocycles. The van der Waals surface area contributed by atoms with E-state index in [2.05, 4.69) is 10.3 Å². The third kappa shape index (κ3) is 3.95. The Morgan fingerprint density at radius 3 is 2.75 bits per heavy atom.